The molecule has 3 rings (SSSR count). The zero-order valence-electron chi connectivity index (χ0n) is 16.6. The number of benzene rings is 1. The zero-order valence-corrected chi connectivity index (χ0v) is 18.2. The molecule has 8 nitrogen and oxygen atoms in total. The Bertz CT molecular complexity index is 969. The van der Waals surface area contributed by atoms with Gasteiger partial charge in [0.2, 0.25) is 21.8 Å². The molecule has 1 aliphatic rings. The SMILES string of the molecule is COCCOc1ncccc1NC(=O)C1CCCN(S(=O)(=O)c2ccc(Cl)cc2)C1. The molecule has 1 aromatic heterocycles. The van der Waals surface area contributed by atoms with Gasteiger partial charge in [0.25, 0.3) is 0 Å². The van der Waals surface area contributed by atoms with Crippen LogP contribution in [0.2, 0.25) is 5.02 Å². The molecular formula is C20H24ClN3O5S. The summed E-state index contributed by atoms with van der Waals surface area (Å²) in [6.45, 7) is 1.17. The maximum Gasteiger partial charge on any atom is 0.243 e. The largest absolute Gasteiger partial charge is 0.474 e. The summed E-state index contributed by atoms with van der Waals surface area (Å²) in [4.78, 5) is 17.1. The molecule has 10 heteroatoms. The van der Waals surface area contributed by atoms with Crippen molar-refractivity contribution in [3.63, 3.8) is 0 Å². The number of hydrogen-bond acceptors (Lipinski definition) is 6. The number of anilines is 1. The van der Waals surface area contributed by atoms with Crippen LogP contribution < -0.4 is 10.1 Å². The first-order chi connectivity index (χ1) is 14.4. The number of carbonyl (C=O) groups is 1. The number of amides is 1. The molecule has 1 aromatic carbocycles. The van der Waals surface area contributed by atoms with Crippen molar-refractivity contribution < 1.29 is 22.7 Å². The number of halogens is 1. The number of carbonyl (C=O) groups excluding carboxylic acids is 1. The Labute approximate surface area is 181 Å². The molecule has 2 heterocycles. The van der Waals surface area contributed by atoms with Crippen LogP contribution in [0.1, 0.15) is 12.8 Å². The molecule has 1 aliphatic heterocycles. The second-order valence-corrected chi connectivity index (χ2v) is 9.22. The third-order valence-electron chi connectivity index (χ3n) is 4.76. The van der Waals surface area contributed by atoms with E-state index in [1.807, 2.05) is 0 Å². The van der Waals surface area contributed by atoms with Crippen LogP contribution in [0.3, 0.4) is 0 Å². The van der Waals surface area contributed by atoms with Gasteiger partial charge in [-0.05, 0) is 49.2 Å². The second kappa shape index (κ2) is 10.2. The van der Waals surface area contributed by atoms with E-state index in [0.29, 0.717) is 49.2 Å². The van der Waals surface area contributed by atoms with Gasteiger partial charge in [-0.25, -0.2) is 13.4 Å². The summed E-state index contributed by atoms with van der Waals surface area (Å²) in [5, 5.41) is 3.28. The van der Waals surface area contributed by atoms with Crippen molar-refractivity contribution in [3.05, 3.63) is 47.6 Å². The summed E-state index contributed by atoms with van der Waals surface area (Å²) >= 11 is 5.86. The summed E-state index contributed by atoms with van der Waals surface area (Å²) in [6, 6.07) is 9.41. The number of piperidine rings is 1. The van der Waals surface area contributed by atoms with Crippen LogP contribution in [-0.4, -0.2) is 57.0 Å². The van der Waals surface area contributed by atoms with Gasteiger partial charge in [0.05, 0.1) is 17.4 Å². The maximum atomic E-state index is 12.9. The Morgan fingerprint density at radius 2 is 2.03 bits per heavy atom. The Morgan fingerprint density at radius 1 is 1.27 bits per heavy atom. The molecule has 1 saturated heterocycles. The monoisotopic (exact) mass is 453 g/mol. The number of hydrogen-bond donors (Lipinski definition) is 1. The van der Waals surface area contributed by atoms with Gasteiger partial charge in [-0.1, -0.05) is 11.6 Å². The lowest BCUT2D eigenvalue weighted by atomic mass is 9.99. The molecule has 0 bridgehead atoms. The number of nitrogens with zero attached hydrogens (tertiary/aromatic N) is 2. The standard InChI is InChI=1S/C20H24ClN3O5S/c1-28-12-13-29-20-18(5-2-10-22-20)23-19(25)15-4-3-11-24(14-15)30(26,27)17-8-6-16(21)7-9-17/h2,5-10,15H,3-4,11-14H2,1H3,(H,23,25). The molecule has 0 saturated carbocycles. The van der Waals surface area contributed by atoms with Crippen molar-refractivity contribution in [3.8, 4) is 5.88 Å². The number of nitrogens with one attached hydrogen (secondary N) is 1. The smallest absolute Gasteiger partial charge is 0.243 e. The van der Waals surface area contributed by atoms with E-state index in [-0.39, 0.29) is 17.3 Å². The Kier molecular flexibility index (Phi) is 7.65. The van der Waals surface area contributed by atoms with Gasteiger partial charge >= 0.3 is 0 Å². The molecule has 0 spiro atoms. The predicted octanol–water partition coefficient (Wildman–Crippen LogP) is 2.80. The van der Waals surface area contributed by atoms with Crippen molar-refractivity contribution in [1.82, 2.24) is 9.29 Å². The molecule has 2 aromatic rings. The third kappa shape index (κ3) is 5.48. The average molecular weight is 454 g/mol. The fourth-order valence-electron chi connectivity index (χ4n) is 3.19. The highest BCUT2D eigenvalue weighted by Gasteiger charge is 2.33. The summed E-state index contributed by atoms with van der Waals surface area (Å²) in [5.74, 6) is -0.451. The number of rotatable bonds is 8. The molecule has 162 valence electrons. The second-order valence-electron chi connectivity index (χ2n) is 6.84. The first-order valence-corrected chi connectivity index (χ1v) is 11.4. The molecular weight excluding hydrogens is 430 g/mol. The Hall–Kier alpha value is -2.20. The predicted molar refractivity (Wildman–Crippen MR) is 113 cm³/mol. The zero-order chi connectivity index (χ0) is 21.6. The number of aromatic nitrogens is 1. The lowest BCUT2D eigenvalue weighted by Gasteiger charge is -2.31. The molecule has 1 N–H and O–H groups in total. The van der Waals surface area contributed by atoms with E-state index in [1.165, 1.54) is 28.6 Å². The quantitative estimate of drug-likeness (QED) is 0.617. The summed E-state index contributed by atoms with van der Waals surface area (Å²) in [6.07, 6.45) is 2.76. The van der Waals surface area contributed by atoms with Gasteiger partial charge in [0, 0.05) is 31.4 Å². The molecule has 1 unspecified atom stereocenters. The molecule has 0 aliphatic carbocycles. The van der Waals surface area contributed by atoms with E-state index < -0.39 is 15.9 Å². The Balaban J connectivity index is 1.68. The van der Waals surface area contributed by atoms with E-state index in [2.05, 4.69) is 10.3 Å². The third-order valence-corrected chi connectivity index (χ3v) is 6.89. The van der Waals surface area contributed by atoms with E-state index in [4.69, 9.17) is 21.1 Å². The molecule has 1 fully saturated rings. The molecule has 1 atom stereocenters. The van der Waals surface area contributed by atoms with Crippen LogP contribution in [0, 0.1) is 5.92 Å². The Morgan fingerprint density at radius 3 is 2.77 bits per heavy atom. The molecule has 0 radical (unpaired) electrons. The minimum absolute atomic E-state index is 0.108. The fourth-order valence-corrected chi connectivity index (χ4v) is 4.84. The first-order valence-electron chi connectivity index (χ1n) is 9.55. The number of sulfonamides is 1. The average Bonchev–Trinajstić information content (AvgIpc) is 2.75. The van der Waals surface area contributed by atoms with E-state index in [0.717, 1.165) is 0 Å². The van der Waals surface area contributed by atoms with Crippen LogP contribution in [0.25, 0.3) is 0 Å². The summed E-state index contributed by atoms with van der Waals surface area (Å²) < 4.78 is 37.7. The summed E-state index contributed by atoms with van der Waals surface area (Å²) in [7, 11) is -2.13. The fraction of sp³-hybridized carbons (Fsp3) is 0.400. The van der Waals surface area contributed by atoms with E-state index >= 15 is 0 Å². The van der Waals surface area contributed by atoms with Crippen molar-refractivity contribution >= 4 is 33.2 Å². The highest BCUT2D eigenvalue weighted by Crippen LogP contribution is 2.27. The van der Waals surface area contributed by atoms with Gasteiger partial charge < -0.3 is 14.8 Å². The minimum atomic E-state index is -3.70. The first kappa shape index (κ1) is 22.5. The normalized spacial score (nSPS) is 17.5. The van der Waals surface area contributed by atoms with E-state index in [1.54, 1.807) is 25.4 Å². The lowest BCUT2D eigenvalue weighted by molar-refractivity contribution is -0.120. The number of pyridine rings is 1. The van der Waals surface area contributed by atoms with Crippen LogP contribution in [0.5, 0.6) is 5.88 Å². The van der Waals surface area contributed by atoms with Crippen molar-refractivity contribution in [2.45, 2.75) is 17.7 Å². The number of methoxy groups -OCH3 is 1. The van der Waals surface area contributed by atoms with Gasteiger partial charge in [-0.15, -0.1) is 0 Å². The minimum Gasteiger partial charge on any atom is -0.474 e. The van der Waals surface area contributed by atoms with Crippen molar-refractivity contribution in [2.75, 3.05) is 38.7 Å². The van der Waals surface area contributed by atoms with Crippen LogP contribution in [0.15, 0.2) is 47.5 Å². The van der Waals surface area contributed by atoms with Crippen LogP contribution in [0.4, 0.5) is 5.69 Å². The summed E-state index contributed by atoms with van der Waals surface area (Å²) in [5.41, 5.74) is 0.441. The van der Waals surface area contributed by atoms with Crippen LogP contribution in [-0.2, 0) is 19.6 Å². The van der Waals surface area contributed by atoms with Gasteiger partial charge in [-0.3, -0.25) is 4.79 Å². The number of ether oxygens (including phenoxy) is 2. The van der Waals surface area contributed by atoms with Crippen molar-refractivity contribution in [2.24, 2.45) is 5.92 Å². The molecule has 1 amide bonds. The maximum absolute atomic E-state index is 12.9. The van der Waals surface area contributed by atoms with Gasteiger partial charge in [0.1, 0.15) is 12.3 Å². The van der Waals surface area contributed by atoms with Gasteiger partial charge in [0.15, 0.2) is 0 Å². The van der Waals surface area contributed by atoms with E-state index in [9.17, 15) is 13.2 Å². The molecule has 30 heavy (non-hydrogen) atoms. The van der Waals surface area contributed by atoms with Crippen molar-refractivity contribution in [1.29, 1.82) is 0 Å². The van der Waals surface area contributed by atoms with Crippen LogP contribution >= 0.6 is 11.6 Å². The highest BCUT2D eigenvalue weighted by atomic mass is 35.5. The van der Waals surface area contributed by atoms with Gasteiger partial charge in [-0.2, -0.15) is 4.31 Å². The highest BCUT2D eigenvalue weighted by molar-refractivity contribution is 7.89. The topological polar surface area (TPSA) is 97.8 Å². The lowest BCUT2D eigenvalue weighted by Crippen LogP contribution is -2.43.